The van der Waals surface area contributed by atoms with Crippen molar-refractivity contribution in [3.8, 4) is 0 Å². The normalized spacial score (nSPS) is 32.1. The van der Waals surface area contributed by atoms with Crippen molar-refractivity contribution in [3.05, 3.63) is 0 Å². The highest BCUT2D eigenvalue weighted by molar-refractivity contribution is 7.99. The van der Waals surface area contributed by atoms with Crippen molar-refractivity contribution in [1.82, 2.24) is 10.2 Å². The molecule has 1 saturated carbocycles. The van der Waals surface area contributed by atoms with E-state index < -0.39 is 0 Å². The molecule has 0 aromatic heterocycles. The monoisotopic (exact) mass is 312 g/mol. The van der Waals surface area contributed by atoms with Gasteiger partial charge in [0.1, 0.15) is 0 Å². The summed E-state index contributed by atoms with van der Waals surface area (Å²) in [4.78, 5) is 7.25. The molecule has 1 aliphatic carbocycles. The Morgan fingerprint density at radius 3 is 2.81 bits per heavy atom. The number of nitrogens with zero attached hydrogens (tertiary/aromatic N) is 2. The second-order valence-electron chi connectivity index (χ2n) is 6.51. The van der Waals surface area contributed by atoms with Crippen LogP contribution in [-0.2, 0) is 4.74 Å². The molecule has 0 bridgehead atoms. The molecule has 5 nitrogen and oxygen atoms in total. The second kappa shape index (κ2) is 7.20. The van der Waals surface area contributed by atoms with Gasteiger partial charge in [0.15, 0.2) is 5.96 Å². The summed E-state index contributed by atoms with van der Waals surface area (Å²) >= 11 is 2.04. The van der Waals surface area contributed by atoms with Crippen molar-refractivity contribution >= 4 is 17.7 Å². The predicted octanol–water partition coefficient (Wildman–Crippen LogP) is 0.899. The van der Waals surface area contributed by atoms with Crippen LogP contribution in [0.1, 0.15) is 25.7 Å². The topological polar surface area (TPSA) is 62.9 Å². The average molecular weight is 312 g/mol. The third kappa shape index (κ3) is 3.85. The molecule has 0 aromatic rings. The van der Waals surface area contributed by atoms with Gasteiger partial charge in [0, 0.05) is 25.4 Å². The fourth-order valence-electron chi connectivity index (χ4n) is 3.34. The van der Waals surface area contributed by atoms with E-state index in [0.717, 1.165) is 45.3 Å². The van der Waals surface area contributed by atoms with Crippen molar-refractivity contribution in [1.29, 1.82) is 0 Å². The zero-order valence-corrected chi connectivity index (χ0v) is 13.7. The van der Waals surface area contributed by atoms with Crippen molar-refractivity contribution in [2.75, 3.05) is 50.9 Å². The van der Waals surface area contributed by atoms with Crippen LogP contribution in [0.15, 0.2) is 4.99 Å². The summed E-state index contributed by atoms with van der Waals surface area (Å²) in [6.07, 6.45) is 5.28. The fourth-order valence-corrected chi connectivity index (χ4v) is 4.81. The van der Waals surface area contributed by atoms with E-state index >= 15 is 0 Å². The lowest BCUT2D eigenvalue weighted by atomic mass is 9.85. The second-order valence-corrected chi connectivity index (χ2v) is 7.61. The molecule has 3 fully saturated rings. The number of nitrogens with two attached hydrogens (primary N) is 1. The van der Waals surface area contributed by atoms with E-state index in [2.05, 4.69) is 15.2 Å². The quantitative estimate of drug-likeness (QED) is 0.583. The van der Waals surface area contributed by atoms with E-state index in [4.69, 9.17) is 10.5 Å². The molecular weight excluding hydrogens is 284 g/mol. The third-order valence-corrected chi connectivity index (χ3v) is 6.34. The van der Waals surface area contributed by atoms with Crippen molar-refractivity contribution in [2.45, 2.75) is 31.2 Å². The first-order chi connectivity index (χ1) is 10.3. The van der Waals surface area contributed by atoms with Gasteiger partial charge < -0.3 is 15.8 Å². The highest BCUT2D eigenvalue weighted by atomic mass is 32.2. The van der Waals surface area contributed by atoms with Gasteiger partial charge in [-0.05, 0) is 30.9 Å². The number of thioether (sulfide) groups is 1. The summed E-state index contributed by atoms with van der Waals surface area (Å²) in [5, 5.41) is 3.31. The summed E-state index contributed by atoms with van der Waals surface area (Å²) in [5.74, 6) is 3.86. The van der Waals surface area contributed by atoms with Crippen LogP contribution in [-0.4, -0.2) is 67.3 Å². The first-order valence-corrected chi connectivity index (χ1v) is 9.38. The number of hydrogen-bond acceptors (Lipinski definition) is 4. The molecule has 1 unspecified atom stereocenters. The SMILES string of the molecule is NC(=NCC1(N2CCOCC2)CCSC1)NCC1CCC1. The summed E-state index contributed by atoms with van der Waals surface area (Å²) in [6, 6.07) is 0. The minimum atomic E-state index is 0.206. The molecule has 0 amide bonds. The Bertz CT molecular complexity index is 361. The summed E-state index contributed by atoms with van der Waals surface area (Å²) in [5.41, 5.74) is 6.26. The van der Waals surface area contributed by atoms with Crippen LogP contribution in [0.2, 0.25) is 0 Å². The zero-order valence-electron chi connectivity index (χ0n) is 12.9. The molecule has 2 heterocycles. The minimum Gasteiger partial charge on any atom is -0.379 e. The Morgan fingerprint density at radius 2 is 2.19 bits per heavy atom. The molecular formula is C15H28N4OS. The van der Waals surface area contributed by atoms with Gasteiger partial charge in [-0.3, -0.25) is 9.89 Å². The number of nitrogens with one attached hydrogen (secondary N) is 1. The van der Waals surface area contributed by atoms with Gasteiger partial charge in [0.05, 0.1) is 25.3 Å². The lowest BCUT2D eigenvalue weighted by molar-refractivity contribution is -0.0104. The molecule has 3 aliphatic rings. The van der Waals surface area contributed by atoms with E-state index in [1.807, 2.05) is 11.8 Å². The van der Waals surface area contributed by atoms with Gasteiger partial charge in [-0.2, -0.15) is 11.8 Å². The summed E-state index contributed by atoms with van der Waals surface area (Å²) in [7, 11) is 0. The Kier molecular flexibility index (Phi) is 5.29. The molecule has 2 aliphatic heterocycles. The maximum atomic E-state index is 6.06. The predicted molar refractivity (Wildman–Crippen MR) is 88.9 cm³/mol. The first kappa shape index (κ1) is 15.4. The van der Waals surface area contributed by atoms with Crippen LogP contribution in [0.4, 0.5) is 0 Å². The highest BCUT2D eigenvalue weighted by Gasteiger charge is 2.40. The molecule has 21 heavy (non-hydrogen) atoms. The van der Waals surface area contributed by atoms with E-state index in [1.165, 1.54) is 37.2 Å². The third-order valence-electron chi connectivity index (χ3n) is 5.10. The number of hydrogen-bond donors (Lipinski definition) is 2. The Balaban J connectivity index is 1.53. The molecule has 0 spiro atoms. The van der Waals surface area contributed by atoms with Crippen LogP contribution in [0.5, 0.6) is 0 Å². The van der Waals surface area contributed by atoms with Gasteiger partial charge >= 0.3 is 0 Å². The Hall–Kier alpha value is -0.460. The molecule has 0 aromatic carbocycles. The van der Waals surface area contributed by atoms with Crippen LogP contribution < -0.4 is 11.1 Å². The number of aliphatic imine (C=N–C) groups is 1. The molecule has 0 radical (unpaired) electrons. The van der Waals surface area contributed by atoms with E-state index in [0.29, 0.717) is 5.96 Å². The van der Waals surface area contributed by atoms with Crippen LogP contribution in [0, 0.1) is 5.92 Å². The first-order valence-electron chi connectivity index (χ1n) is 8.23. The van der Waals surface area contributed by atoms with E-state index in [9.17, 15) is 0 Å². The van der Waals surface area contributed by atoms with Gasteiger partial charge in [-0.15, -0.1) is 0 Å². The van der Waals surface area contributed by atoms with E-state index in [1.54, 1.807) is 0 Å². The largest absolute Gasteiger partial charge is 0.379 e. The van der Waals surface area contributed by atoms with Crippen LogP contribution >= 0.6 is 11.8 Å². The maximum absolute atomic E-state index is 6.06. The number of morpholine rings is 1. The molecule has 1 atom stereocenters. The summed E-state index contributed by atoms with van der Waals surface area (Å²) < 4.78 is 5.49. The summed E-state index contributed by atoms with van der Waals surface area (Å²) in [6.45, 7) is 5.59. The lowest BCUT2D eigenvalue weighted by Crippen LogP contribution is -2.56. The molecule has 3 rings (SSSR count). The van der Waals surface area contributed by atoms with E-state index in [-0.39, 0.29) is 5.54 Å². The zero-order chi connectivity index (χ0) is 14.5. The van der Waals surface area contributed by atoms with Crippen molar-refractivity contribution in [3.63, 3.8) is 0 Å². The number of rotatable bonds is 5. The molecule has 120 valence electrons. The Morgan fingerprint density at radius 1 is 1.38 bits per heavy atom. The lowest BCUT2D eigenvalue weighted by Gasteiger charge is -2.42. The maximum Gasteiger partial charge on any atom is 0.188 e. The smallest absolute Gasteiger partial charge is 0.188 e. The van der Waals surface area contributed by atoms with Gasteiger partial charge in [0.2, 0.25) is 0 Å². The molecule has 6 heteroatoms. The van der Waals surface area contributed by atoms with Gasteiger partial charge in [-0.25, -0.2) is 0 Å². The molecule has 2 saturated heterocycles. The van der Waals surface area contributed by atoms with Crippen LogP contribution in [0.25, 0.3) is 0 Å². The number of guanidine groups is 1. The Labute approximate surface area is 132 Å². The standard InChI is InChI=1S/C15H28N4OS/c16-14(17-10-13-2-1-3-13)18-11-15(4-9-21-12-15)19-5-7-20-8-6-19/h13H,1-12H2,(H3,16,17,18). The van der Waals surface area contributed by atoms with Gasteiger partial charge in [-0.1, -0.05) is 6.42 Å². The van der Waals surface area contributed by atoms with Crippen molar-refractivity contribution in [2.24, 2.45) is 16.6 Å². The van der Waals surface area contributed by atoms with Gasteiger partial charge in [0.25, 0.3) is 0 Å². The van der Waals surface area contributed by atoms with Crippen LogP contribution in [0.3, 0.4) is 0 Å². The van der Waals surface area contributed by atoms with Crippen molar-refractivity contribution < 1.29 is 4.74 Å². The minimum absolute atomic E-state index is 0.206. The number of ether oxygens (including phenoxy) is 1. The average Bonchev–Trinajstić information content (AvgIpc) is 2.95. The molecule has 3 N–H and O–H groups in total. The fraction of sp³-hybridized carbons (Fsp3) is 0.933. The highest BCUT2D eigenvalue weighted by Crippen LogP contribution is 2.34.